The van der Waals surface area contributed by atoms with Gasteiger partial charge in [-0.05, 0) is 41.1 Å². The molecule has 0 saturated carbocycles. The zero-order chi connectivity index (χ0) is 14.8. The summed E-state index contributed by atoms with van der Waals surface area (Å²) >= 11 is 3.41. The molecule has 0 saturated heterocycles. The van der Waals surface area contributed by atoms with Crippen molar-refractivity contribution in [3.63, 3.8) is 0 Å². The van der Waals surface area contributed by atoms with E-state index >= 15 is 0 Å². The topological polar surface area (TPSA) is 59.1 Å². The largest absolute Gasteiger partial charge is 0.457 e. The minimum absolute atomic E-state index is 0.0155. The second-order valence-electron chi connectivity index (χ2n) is 4.67. The third kappa shape index (κ3) is 2.90. The van der Waals surface area contributed by atoms with E-state index in [0.29, 0.717) is 17.1 Å². The predicted octanol–water partition coefficient (Wildman–Crippen LogP) is 4.68. The molecular formula is C17H13BrN2O. The molecule has 0 aliphatic heterocycles. The van der Waals surface area contributed by atoms with Crippen LogP contribution in [0.25, 0.3) is 10.8 Å². The molecule has 0 fully saturated rings. The summed E-state index contributed by atoms with van der Waals surface area (Å²) in [5.41, 5.74) is 6.17. The first kappa shape index (κ1) is 13.6. The number of nitrogens with two attached hydrogens (primary N) is 1. The third-order valence-electron chi connectivity index (χ3n) is 3.18. The molecule has 104 valence electrons. The quantitative estimate of drug-likeness (QED) is 0.537. The number of nitrogen functional groups attached to an aromatic ring is 1. The van der Waals surface area contributed by atoms with E-state index in [1.165, 1.54) is 0 Å². The van der Waals surface area contributed by atoms with Gasteiger partial charge in [0.05, 0.1) is 5.56 Å². The van der Waals surface area contributed by atoms with Crippen molar-refractivity contribution in [1.82, 2.24) is 0 Å². The molecule has 0 aliphatic carbocycles. The third-order valence-corrected chi connectivity index (χ3v) is 3.68. The van der Waals surface area contributed by atoms with Crippen LogP contribution in [0.3, 0.4) is 0 Å². The fourth-order valence-corrected chi connectivity index (χ4v) is 2.50. The molecule has 0 amide bonds. The van der Waals surface area contributed by atoms with Gasteiger partial charge < -0.3 is 10.5 Å². The highest BCUT2D eigenvalue weighted by Crippen LogP contribution is 2.30. The molecule has 0 radical (unpaired) electrons. The van der Waals surface area contributed by atoms with Crippen LogP contribution in [0.1, 0.15) is 5.56 Å². The van der Waals surface area contributed by atoms with Gasteiger partial charge in [-0.1, -0.05) is 46.3 Å². The number of fused-ring (bicyclic) bond motifs is 1. The average molecular weight is 341 g/mol. The summed E-state index contributed by atoms with van der Waals surface area (Å²) < 4.78 is 6.79. The number of halogens is 1. The fraction of sp³-hybridized carbons (Fsp3) is 0. The smallest absolute Gasteiger partial charge is 0.139 e. The average Bonchev–Trinajstić information content (AvgIpc) is 2.47. The van der Waals surface area contributed by atoms with Crippen molar-refractivity contribution in [1.29, 1.82) is 5.41 Å². The maximum absolute atomic E-state index is 7.63. The Morgan fingerprint density at radius 3 is 2.48 bits per heavy atom. The van der Waals surface area contributed by atoms with Gasteiger partial charge in [-0.2, -0.15) is 0 Å². The molecule has 21 heavy (non-hydrogen) atoms. The van der Waals surface area contributed by atoms with E-state index in [1.807, 2.05) is 48.5 Å². The molecule has 3 N–H and O–H groups in total. The van der Waals surface area contributed by atoms with Gasteiger partial charge >= 0.3 is 0 Å². The number of amidine groups is 1. The number of ether oxygens (including phenoxy) is 1. The first-order chi connectivity index (χ1) is 10.1. The minimum atomic E-state index is -0.0155. The van der Waals surface area contributed by atoms with Crippen LogP contribution in [0.5, 0.6) is 11.5 Å². The summed E-state index contributed by atoms with van der Waals surface area (Å²) in [4.78, 5) is 0. The molecule has 3 nitrogen and oxygen atoms in total. The Bertz CT molecular complexity index is 830. The second-order valence-corrected chi connectivity index (χ2v) is 5.58. The van der Waals surface area contributed by atoms with E-state index in [1.54, 1.807) is 6.07 Å². The van der Waals surface area contributed by atoms with Crippen molar-refractivity contribution in [2.45, 2.75) is 0 Å². The van der Waals surface area contributed by atoms with Gasteiger partial charge in [-0.25, -0.2) is 0 Å². The van der Waals surface area contributed by atoms with Gasteiger partial charge in [-0.15, -0.1) is 0 Å². The molecule has 0 aliphatic rings. The summed E-state index contributed by atoms with van der Waals surface area (Å²) in [7, 11) is 0. The predicted molar refractivity (Wildman–Crippen MR) is 89.2 cm³/mol. The van der Waals surface area contributed by atoms with Gasteiger partial charge in [0.25, 0.3) is 0 Å². The highest BCUT2D eigenvalue weighted by Gasteiger charge is 2.09. The summed E-state index contributed by atoms with van der Waals surface area (Å²) in [5, 5.41) is 9.89. The number of rotatable bonds is 3. The number of nitrogens with one attached hydrogen (secondary N) is 1. The maximum Gasteiger partial charge on any atom is 0.139 e. The van der Waals surface area contributed by atoms with Crippen molar-refractivity contribution in [2.24, 2.45) is 5.73 Å². The lowest BCUT2D eigenvalue weighted by Crippen LogP contribution is -2.12. The summed E-state index contributed by atoms with van der Waals surface area (Å²) in [6.45, 7) is 0. The minimum Gasteiger partial charge on any atom is -0.457 e. The van der Waals surface area contributed by atoms with E-state index in [0.717, 1.165) is 15.2 Å². The SMILES string of the molecule is N=C(N)c1ccc(Br)cc1Oc1ccc2ccccc2c1. The lowest BCUT2D eigenvalue weighted by atomic mass is 10.1. The van der Waals surface area contributed by atoms with Crippen LogP contribution in [-0.2, 0) is 0 Å². The van der Waals surface area contributed by atoms with Gasteiger partial charge in [0.15, 0.2) is 0 Å². The summed E-state index contributed by atoms with van der Waals surface area (Å²) in [5.74, 6) is 1.26. The molecular weight excluding hydrogens is 328 g/mol. The highest BCUT2D eigenvalue weighted by molar-refractivity contribution is 9.10. The molecule has 0 spiro atoms. The van der Waals surface area contributed by atoms with Crippen LogP contribution in [0, 0.1) is 5.41 Å². The van der Waals surface area contributed by atoms with E-state index in [-0.39, 0.29) is 5.84 Å². The van der Waals surface area contributed by atoms with Crippen LogP contribution in [0.4, 0.5) is 0 Å². The number of hydrogen-bond acceptors (Lipinski definition) is 2. The standard InChI is InChI=1S/C17H13BrN2O/c18-13-6-8-15(17(19)20)16(10-13)21-14-7-5-11-3-1-2-4-12(11)9-14/h1-10H,(H3,19,20). The molecule has 3 rings (SSSR count). The van der Waals surface area contributed by atoms with E-state index in [9.17, 15) is 0 Å². The lowest BCUT2D eigenvalue weighted by Gasteiger charge is -2.11. The Balaban J connectivity index is 2.02. The van der Waals surface area contributed by atoms with E-state index in [2.05, 4.69) is 22.0 Å². The van der Waals surface area contributed by atoms with Crippen LogP contribution in [0.15, 0.2) is 65.1 Å². The van der Waals surface area contributed by atoms with Crippen molar-refractivity contribution >= 4 is 32.5 Å². The van der Waals surface area contributed by atoms with Gasteiger partial charge in [0.2, 0.25) is 0 Å². The van der Waals surface area contributed by atoms with Gasteiger partial charge in [0.1, 0.15) is 17.3 Å². The van der Waals surface area contributed by atoms with Crippen LogP contribution < -0.4 is 10.5 Å². The van der Waals surface area contributed by atoms with Crippen molar-refractivity contribution < 1.29 is 4.74 Å². The van der Waals surface area contributed by atoms with Crippen LogP contribution >= 0.6 is 15.9 Å². The summed E-state index contributed by atoms with van der Waals surface area (Å²) in [6, 6.07) is 19.4. The zero-order valence-corrected chi connectivity index (χ0v) is 12.7. The first-order valence-electron chi connectivity index (χ1n) is 6.44. The Labute approximate surface area is 131 Å². The molecule has 0 bridgehead atoms. The van der Waals surface area contributed by atoms with Gasteiger partial charge in [0, 0.05) is 4.47 Å². The first-order valence-corrected chi connectivity index (χ1v) is 7.23. The Morgan fingerprint density at radius 2 is 1.71 bits per heavy atom. The lowest BCUT2D eigenvalue weighted by molar-refractivity contribution is 0.482. The van der Waals surface area contributed by atoms with Crippen LogP contribution in [0.2, 0.25) is 0 Å². The Morgan fingerprint density at radius 1 is 0.952 bits per heavy atom. The fourth-order valence-electron chi connectivity index (χ4n) is 2.16. The van der Waals surface area contributed by atoms with Crippen LogP contribution in [-0.4, -0.2) is 5.84 Å². The normalized spacial score (nSPS) is 10.5. The molecule has 4 heteroatoms. The Hall–Kier alpha value is -2.33. The highest BCUT2D eigenvalue weighted by atomic mass is 79.9. The molecule has 0 unspecified atom stereocenters. The molecule has 0 aromatic heterocycles. The second kappa shape index (κ2) is 5.58. The van der Waals surface area contributed by atoms with Gasteiger partial charge in [-0.3, -0.25) is 5.41 Å². The van der Waals surface area contributed by atoms with Crippen molar-refractivity contribution in [3.05, 3.63) is 70.7 Å². The van der Waals surface area contributed by atoms with Crippen molar-refractivity contribution in [2.75, 3.05) is 0 Å². The molecule has 3 aromatic rings. The number of hydrogen-bond donors (Lipinski definition) is 2. The Kier molecular flexibility index (Phi) is 3.62. The zero-order valence-electron chi connectivity index (χ0n) is 11.1. The molecule has 0 heterocycles. The van der Waals surface area contributed by atoms with E-state index in [4.69, 9.17) is 15.9 Å². The van der Waals surface area contributed by atoms with E-state index < -0.39 is 0 Å². The molecule has 0 atom stereocenters. The number of benzene rings is 3. The maximum atomic E-state index is 7.63. The summed E-state index contributed by atoms with van der Waals surface area (Å²) in [6.07, 6.45) is 0. The monoisotopic (exact) mass is 340 g/mol. The molecule has 3 aromatic carbocycles. The van der Waals surface area contributed by atoms with Crippen molar-refractivity contribution in [3.8, 4) is 11.5 Å².